The van der Waals surface area contributed by atoms with Crippen molar-refractivity contribution in [3.8, 4) is 11.9 Å². The zero-order valence-corrected chi connectivity index (χ0v) is 8.57. The first kappa shape index (κ1) is 10.3. The van der Waals surface area contributed by atoms with E-state index in [0.717, 1.165) is 0 Å². The molecule has 1 aromatic heterocycles. The summed E-state index contributed by atoms with van der Waals surface area (Å²) in [6, 6.07) is 4.72. The number of nitrogens with zero attached hydrogens (tertiary/aromatic N) is 3. The van der Waals surface area contributed by atoms with Crippen LogP contribution < -0.4 is 4.74 Å². The number of methoxy groups -OCH3 is 1. The number of ether oxygens (including phenoxy) is 1. The molecule has 0 aliphatic rings. The van der Waals surface area contributed by atoms with Gasteiger partial charge in [0.2, 0.25) is 5.88 Å². The topological polar surface area (TPSA) is 58.8 Å². The van der Waals surface area contributed by atoms with Crippen LogP contribution in [-0.2, 0) is 6.42 Å². The molecule has 80 valence electrons. The molecule has 0 radical (unpaired) electrons. The minimum Gasteiger partial charge on any atom is -0.480 e. The molecule has 0 amide bonds. The fourth-order valence-corrected chi connectivity index (χ4v) is 1.44. The molecule has 4 nitrogen and oxygen atoms in total. The van der Waals surface area contributed by atoms with Crippen molar-refractivity contribution in [3.63, 3.8) is 0 Å². The van der Waals surface area contributed by atoms with Crippen LogP contribution in [0.5, 0.6) is 5.88 Å². The quantitative estimate of drug-likeness (QED) is 0.770. The second-order valence-electron chi connectivity index (χ2n) is 3.14. The molecule has 0 spiro atoms. The minimum atomic E-state index is -0.448. The number of hydrogen-bond acceptors (Lipinski definition) is 4. The molecule has 0 atom stereocenters. The minimum absolute atomic E-state index is 0.0367. The predicted octanol–water partition coefficient (Wildman–Crippen LogP) is 1.84. The lowest BCUT2D eigenvalue weighted by molar-refractivity contribution is 0.397. The van der Waals surface area contributed by atoms with Crippen LogP contribution >= 0.6 is 0 Å². The molecule has 0 aliphatic carbocycles. The van der Waals surface area contributed by atoms with Gasteiger partial charge < -0.3 is 4.74 Å². The van der Waals surface area contributed by atoms with Gasteiger partial charge in [-0.05, 0) is 12.1 Å². The van der Waals surface area contributed by atoms with E-state index in [1.807, 2.05) is 6.07 Å². The van der Waals surface area contributed by atoms with Crippen LogP contribution in [0.1, 0.15) is 5.56 Å². The molecule has 16 heavy (non-hydrogen) atoms. The first-order valence-corrected chi connectivity index (χ1v) is 4.61. The van der Waals surface area contributed by atoms with Crippen molar-refractivity contribution in [3.05, 3.63) is 29.7 Å². The highest BCUT2D eigenvalue weighted by Gasteiger charge is 2.10. The Morgan fingerprint density at radius 1 is 1.50 bits per heavy atom. The zero-order valence-electron chi connectivity index (χ0n) is 8.57. The summed E-state index contributed by atoms with van der Waals surface area (Å²) in [4.78, 5) is 8.17. The molecule has 1 heterocycles. The third-order valence-corrected chi connectivity index (χ3v) is 2.21. The summed E-state index contributed by atoms with van der Waals surface area (Å²) in [6.45, 7) is 0. The van der Waals surface area contributed by atoms with Crippen LogP contribution in [0.3, 0.4) is 0 Å². The number of rotatable bonds is 2. The lowest BCUT2D eigenvalue weighted by Crippen LogP contribution is -1.97. The van der Waals surface area contributed by atoms with Gasteiger partial charge in [-0.15, -0.1) is 0 Å². The zero-order chi connectivity index (χ0) is 11.5. The number of aromatic nitrogens is 2. The lowest BCUT2D eigenvalue weighted by Gasteiger charge is -2.05. The summed E-state index contributed by atoms with van der Waals surface area (Å²) in [5.41, 5.74) is 1.18. The molecule has 2 rings (SSSR count). The Labute approximate surface area is 91.3 Å². The average Bonchev–Trinajstić information content (AvgIpc) is 2.32. The normalized spacial score (nSPS) is 10.1. The Hall–Kier alpha value is -2.22. The van der Waals surface area contributed by atoms with Crippen molar-refractivity contribution < 1.29 is 9.13 Å². The lowest BCUT2D eigenvalue weighted by atomic mass is 10.1. The van der Waals surface area contributed by atoms with E-state index in [9.17, 15) is 4.39 Å². The van der Waals surface area contributed by atoms with E-state index in [2.05, 4.69) is 9.97 Å². The fraction of sp³-hybridized carbons (Fsp3) is 0.182. The van der Waals surface area contributed by atoms with E-state index in [4.69, 9.17) is 10.00 Å². The summed E-state index contributed by atoms with van der Waals surface area (Å²) in [5, 5.41) is 8.63. The molecule has 0 unspecified atom stereocenters. The Bertz CT molecular complexity index is 577. The number of fused-ring (bicyclic) bond motifs is 1. The van der Waals surface area contributed by atoms with Crippen molar-refractivity contribution >= 4 is 11.0 Å². The molecular weight excluding hydrogens is 209 g/mol. The number of hydrogen-bond donors (Lipinski definition) is 0. The molecule has 0 aliphatic heterocycles. The maximum absolute atomic E-state index is 13.5. The summed E-state index contributed by atoms with van der Waals surface area (Å²) in [6.07, 6.45) is 1.42. The van der Waals surface area contributed by atoms with Gasteiger partial charge in [-0.25, -0.2) is 14.4 Å². The smallest absolute Gasteiger partial charge is 0.232 e. The molecule has 1 aromatic carbocycles. The van der Waals surface area contributed by atoms with Gasteiger partial charge in [0.05, 0.1) is 36.8 Å². The van der Waals surface area contributed by atoms with Crippen molar-refractivity contribution in [1.29, 1.82) is 5.26 Å². The Morgan fingerprint density at radius 3 is 3.00 bits per heavy atom. The van der Waals surface area contributed by atoms with E-state index >= 15 is 0 Å². The third-order valence-electron chi connectivity index (χ3n) is 2.21. The molecule has 0 saturated heterocycles. The predicted molar refractivity (Wildman–Crippen MR) is 55.4 cm³/mol. The molecule has 0 bridgehead atoms. The van der Waals surface area contributed by atoms with Gasteiger partial charge in [-0.1, -0.05) is 0 Å². The standard InChI is InChI=1S/C11H8FN3O/c1-16-10-6-14-9-3-2-8(12)7(4-5-13)11(9)15-10/h2-3,6H,4H2,1H3. The Balaban J connectivity index is 2.73. The second kappa shape index (κ2) is 4.11. The summed E-state index contributed by atoms with van der Waals surface area (Å²) < 4.78 is 18.4. The van der Waals surface area contributed by atoms with Gasteiger partial charge in [0.25, 0.3) is 0 Å². The SMILES string of the molecule is COc1cnc2ccc(F)c(CC#N)c2n1. The van der Waals surface area contributed by atoms with Crippen LogP contribution in [0, 0.1) is 17.1 Å². The van der Waals surface area contributed by atoms with Crippen LogP contribution in [0.15, 0.2) is 18.3 Å². The van der Waals surface area contributed by atoms with Crippen LogP contribution in [0.4, 0.5) is 4.39 Å². The van der Waals surface area contributed by atoms with E-state index in [1.54, 1.807) is 0 Å². The van der Waals surface area contributed by atoms with Gasteiger partial charge in [0.1, 0.15) is 5.82 Å². The van der Waals surface area contributed by atoms with Crippen LogP contribution in [0.25, 0.3) is 11.0 Å². The monoisotopic (exact) mass is 217 g/mol. The molecule has 0 N–H and O–H groups in total. The van der Waals surface area contributed by atoms with Gasteiger partial charge in [0.15, 0.2) is 0 Å². The third kappa shape index (κ3) is 1.65. The Morgan fingerprint density at radius 2 is 2.31 bits per heavy atom. The number of benzene rings is 1. The van der Waals surface area contributed by atoms with Gasteiger partial charge in [-0.3, -0.25) is 0 Å². The van der Waals surface area contributed by atoms with Crippen LogP contribution in [-0.4, -0.2) is 17.1 Å². The summed E-state index contributed by atoms with van der Waals surface area (Å²) >= 11 is 0. The Kier molecular flexibility index (Phi) is 2.64. The molecular formula is C11H8FN3O. The van der Waals surface area contributed by atoms with Gasteiger partial charge >= 0.3 is 0 Å². The van der Waals surface area contributed by atoms with E-state index < -0.39 is 5.82 Å². The van der Waals surface area contributed by atoms with Crippen LogP contribution in [0.2, 0.25) is 0 Å². The maximum Gasteiger partial charge on any atom is 0.232 e. The largest absolute Gasteiger partial charge is 0.480 e. The van der Waals surface area contributed by atoms with Gasteiger partial charge in [0, 0.05) is 5.56 Å². The summed E-state index contributed by atoms with van der Waals surface area (Å²) in [5.74, 6) is -0.145. The van der Waals surface area contributed by atoms with E-state index in [1.165, 1.54) is 25.4 Å². The first-order valence-electron chi connectivity index (χ1n) is 4.61. The fourth-order valence-electron chi connectivity index (χ4n) is 1.44. The number of halogens is 1. The highest BCUT2D eigenvalue weighted by Crippen LogP contribution is 2.20. The average molecular weight is 217 g/mol. The van der Waals surface area contributed by atoms with Crippen molar-refractivity contribution in [2.45, 2.75) is 6.42 Å². The summed E-state index contributed by atoms with van der Waals surface area (Å²) in [7, 11) is 1.46. The highest BCUT2D eigenvalue weighted by atomic mass is 19.1. The van der Waals surface area contributed by atoms with Crippen molar-refractivity contribution in [2.24, 2.45) is 0 Å². The molecule has 0 fully saturated rings. The number of nitriles is 1. The van der Waals surface area contributed by atoms with Crippen molar-refractivity contribution in [1.82, 2.24) is 9.97 Å². The van der Waals surface area contributed by atoms with E-state index in [-0.39, 0.29) is 12.0 Å². The van der Waals surface area contributed by atoms with Crippen molar-refractivity contribution in [2.75, 3.05) is 7.11 Å². The molecule has 0 saturated carbocycles. The molecule has 2 aromatic rings. The maximum atomic E-state index is 13.5. The highest BCUT2D eigenvalue weighted by molar-refractivity contribution is 5.78. The molecule has 5 heteroatoms. The van der Waals surface area contributed by atoms with Gasteiger partial charge in [-0.2, -0.15) is 5.26 Å². The first-order chi connectivity index (χ1) is 7.76. The second-order valence-corrected chi connectivity index (χ2v) is 3.14. The van der Waals surface area contributed by atoms with E-state index in [0.29, 0.717) is 16.9 Å².